The van der Waals surface area contributed by atoms with Crippen LogP contribution in [0, 0.1) is 5.82 Å². The Morgan fingerprint density at radius 1 is 1.40 bits per heavy atom. The normalized spacial score (nSPS) is 22.1. The SMILES string of the molecule is COc1cc(-c2noc(C3CCCC3N)n2)ccc1F. The van der Waals surface area contributed by atoms with Crippen molar-refractivity contribution < 1.29 is 13.7 Å². The van der Waals surface area contributed by atoms with Crippen LogP contribution in [0.1, 0.15) is 31.1 Å². The summed E-state index contributed by atoms with van der Waals surface area (Å²) >= 11 is 0. The van der Waals surface area contributed by atoms with E-state index in [4.69, 9.17) is 15.0 Å². The van der Waals surface area contributed by atoms with Crippen LogP contribution in [-0.4, -0.2) is 23.3 Å². The van der Waals surface area contributed by atoms with E-state index in [1.54, 1.807) is 12.1 Å². The zero-order valence-corrected chi connectivity index (χ0v) is 11.2. The van der Waals surface area contributed by atoms with Gasteiger partial charge in [-0.15, -0.1) is 0 Å². The van der Waals surface area contributed by atoms with Crippen molar-refractivity contribution in [3.8, 4) is 17.1 Å². The zero-order chi connectivity index (χ0) is 14.1. The third kappa shape index (κ3) is 2.27. The first kappa shape index (κ1) is 13.1. The molecule has 2 aromatic rings. The number of nitrogens with two attached hydrogens (primary N) is 1. The number of hydrogen-bond acceptors (Lipinski definition) is 5. The maximum absolute atomic E-state index is 13.4. The third-order valence-electron chi connectivity index (χ3n) is 3.74. The first-order valence-electron chi connectivity index (χ1n) is 6.62. The molecule has 1 saturated carbocycles. The summed E-state index contributed by atoms with van der Waals surface area (Å²) in [5.41, 5.74) is 6.68. The lowest BCUT2D eigenvalue weighted by atomic mass is 10.1. The van der Waals surface area contributed by atoms with Crippen LogP contribution in [0.4, 0.5) is 4.39 Å². The van der Waals surface area contributed by atoms with Crippen LogP contribution in [0.25, 0.3) is 11.4 Å². The second-order valence-corrected chi connectivity index (χ2v) is 5.01. The summed E-state index contributed by atoms with van der Waals surface area (Å²) in [7, 11) is 1.42. The zero-order valence-electron chi connectivity index (χ0n) is 11.2. The average Bonchev–Trinajstić information content (AvgIpc) is 3.08. The second-order valence-electron chi connectivity index (χ2n) is 5.01. The Morgan fingerprint density at radius 3 is 2.95 bits per heavy atom. The summed E-state index contributed by atoms with van der Waals surface area (Å²) < 4.78 is 23.6. The summed E-state index contributed by atoms with van der Waals surface area (Å²) in [5, 5.41) is 3.95. The van der Waals surface area contributed by atoms with Gasteiger partial charge in [0.1, 0.15) is 0 Å². The highest BCUT2D eigenvalue weighted by Crippen LogP contribution is 2.33. The number of benzene rings is 1. The molecule has 2 N–H and O–H groups in total. The Morgan fingerprint density at radius 2 is 2.25 bits per heavy atom. The number of hydrogen-bond donors (Lipinski definition) is 1. The van der Waals surface area contributed by atoms with E-state index in [-0.39, 0.29) is 17.7 Å². The van der Waals surface area contributed by atoms with Gasteiger partial charge in [-0.2, -0.15) is 4.98 Å². The van der Waals surface area contributed by atoms with E-state index in [2.05, 4.69) is 10.1 Å². The highest BCUT2D eigenvalue weighted by atomic mass is 19.1. The monoisotopic (exact) mass is 277 g/mol. The van der Waals surface area contributed by atoms with Gasteiger partial charge in [0.25, 0.3) is 0 Å². The van der Waals surface area contributed by atoms with Gasteiger partial charge in [-0.3, -0.25) is 0 Å². The van der Waals surface area contributed by atoms with Gasteiger partial charge >= 0.3 is 0 Å². The smallest absolute Gasteiger partial charge is 0.231 e. The molecule has 0 aliphatic heterocycles. The molecule has 1 heterocycles. The largest absolute Gasteiger partial charge is 0.494 e. The molecule has 3 rings (SSSR count). The fourth-order valence-electron chi connectivity index (χ4n) is 2.60. The molecule has 1 fully saturated rings. The number of halogens is 1. The molecule has 20 heavy (non-hydrogen) atoms. The molecule has 0 saturated heterocycles. The van der Waals surface area contributed by atoms with Gasteiger partial charge in [0.05, 0.1) is 13.0 Å². The van der Waals surface area contributed by atoms with Crippen molar-refractivity contribution >= 4 is 0 Å². The van der Waals surface area contributed by atoms with Crippen molar-refractivity contribution in [2.45, 2.75) is 31.2 Å². The Kier molecular flexibility index (Phi) is 3.40. The fourth-order valence-corrected chi connectivity index (χ4v) is 2.60. The van der Waals surface area contributed by atoms with E-state index in [9.17, 15) is 4.39 Å². The minimum atomic E-state index is -0.419. The molecule has 2 unspecified atom stereocenters. The van der Waals surface area contributed by atoms with Crippen LogP contribution in [-0.2, 0) is 0 Å². The molecule has 1 aromatic heterocycles. The van der Waals surface area contributed by atoms with Crippen LogP contribution in [0.5, 0.6) is 5.75 Å². The summed E-state index contributed by atoms with van der Waals surface area (Å²) in [6, 6.07) is 4.55. The Hall–Kier alpha value is -1.95. The average molecular weight is 277 g/mol. The second kappa shape index (κ2) is 5.20. The quantitative estimate of drug-likeness (QED) is 0.932. The van der Waals surface area contributed by atoms with Crippen molar-refractivity contribution in [1.82, 2.24) is 10.1 Å². The Labute approximate surface area is 115 Å². The Balaban J connectivity index is 1.90. The van der Waals surface area contributed by atoms with Crippen molar-refractivity contribution in [2.75, 3.05) is 7.11 Å². The molecule has 1 aliphatic rings. The van der Waals surface area contributed by atoms with Crippen LogP contribution in [0.2, 0.25) is 0 Å². The summed E-state index contributed by atoms with van der Waals surface area (Å²) in [6.45, 7) is 0. The number of methoxy groups -OCH3 is 1. The van der Waals surface area contributed by atoms with Gasteiger partial charge in [-0.25, -0.2) is 4.39 Å². The molecule has 0 amide bonds. The molecule has 5 nitrogen and oxygen atoms in total. The molecule has 0 radical (unpaired) electrons. The lowest BCUT2D eigenvalue weighted by Gasteiger charge is -2.08. The van der Waals surface area contributed by atoms with E-state index < -0.39 is 5.82 Å². The first-order chi connectivity index (χ1) is 9.69. The predicted octanol–water partition coefficient (Wildman–Crippen LogP) is 2.48. The van der Waals surface area contributed by atoms with E-state index in [0.717, 1.165) is 19.3 Å². The fraction of sp³-hybridized carbons (Fsp3) is 0.429. The molecule has 0 spiro atoms. The maximum Gasteiger partial charge on any atom is 0.231 e. The van der Waals surface area contributed by atoms with Crippen LogP contribution >= 0.6 is 0 Å². The van der Waals surface area contributed by atoms with Crippen molar-refractivity contribution in [2.24, 2.45) is 5.73 Å². The highest BCUT2D eigenvalue weighted by molar-refractivity contribution is 5.57. The maximum atomic E-state index is 13.4. The molecule has 0 bridgehead atoms. The predicted molar refractivity (Wildman–Crippen MR) is 70.8 cm³/mol. The molecule has 106 valence electrons. The minimum Gasteiger partial charge on any atom is -0.494 e. The molecule has 1 aliphatic carbocycles. The van der Waals surface area contributed by atoms with Crippen molar-refractivity contribution in [3.63, 3.8) is 0 Å². The highest BCUT2D eigenvalue weighted by Gasteiger charge is 2.30. The lowest BCUT2D eigenvalue weighted by Crippen LogP contribution is -2.22. The van der Waals surface area contributed by atoms with Gasteiger partial charge in [0.15, 0.2) is 11.6 Å². The number of rotatable bonds is 3. The molecular formula is C14H16FN3O2. The van der Waals surface area contributed by atoms with Crippen molar-refractivity contribution in [3.05, 3.63) is 29.9 Å². The molecule has 2 atom stereocenters. The van der Waals surface area contributed by atoms with Crippen molar-refractivity contribution in [1.29, 1.82) is 0 Å². The lowest BCUT2D eigenvalue weighted by molar-refractivity contribution is 0.345. The van der Waals surface area contributed by atoms with Crippen LogP contribution in [0.3, 0.4) is 0 Å². The van der Waals surface area contributed by atoms with Gasteiger partial charge in [-0.1, -0.05) is 11.6 Å². The van der Waals surface area contributed by atoms with Gasteiger partial charge in [-0.05, 0) is 31.0 Å². The first-order valence-corrected chi connectivity index (χ1v) is 6.62. The number of aromatic nitrogens is 2. The van der Waals surface area contributed by atoms with Gasteiger partial charge < -0.3 is 15.0 Å². The van der Waals surface area contributed by atoms with Crippen LogP contribution in [0.15, 0.2) is 22.7 Å². The van der Waals surface area contributed by atoms with E-state index in [1.165, 1.54) is 13.2 Å². The van der Waals surface area contributed by atoms with Gasteiger partial charge in [0, 0.05) is 11.6 Å². The molecule has 1 aromatic carbocycles. The topological polar surface area (TPSA) is 74.2 Å². The van der Waals surface area contributed by atoms with Gasteiger partial charge in [0.2, 0.25) is 11.7 Å². The van der Waals surface area contributed by atoms with E-state index in [1.807, 2.05) is 0 Å². The van der Waals surface area contributed by atoms with E-state index in [0.29, 0.717) is 17.3 Å². The Bertz CT molecular complexity index is 614. The van der Waals surface area contributed by atoms with E-state index >= 15 is 0 Å². The number of ether oxygens (including phenoxy) is 1. The summed E-state index contributed by atoms with van der Waals surface area (Å²) in [6.07, 6.45) is 3.02. The standard InChI is InChI=1S/C14H16FN3O2/c1-19-12-7-8(5-6-10(12)15)13-17-14(20-18-13)9-3-2-4-11(9)16/h5-7,9,11H,2-4,16H2,1H3. The number of nitrogens with zero attached hydrogens (tertiary/aromatic N) is 2. The summed E-state index contributed by atoms with van der Waals surface area (Å²) in [5.74, 6) is 0.855. The minimum absolute atomic E-state index is 0.0750. The summed E-state index contributed by atoms with van der Waals surface area (Å²) in [4.78, 5) is 4.38. The molecular weight excluding hydrogens is 261 g/mol. The molecule has 6 heteroatoms. The van der Waals surface area contributed by atoms with Crippen LogP contribution < -0.4 is 10.5 Å². The third-order valence-corrected chi connectivity index (χ3v) is 3.74.